The molecule has 0 bridgehead atoms. The monoisotopic (exact) mass is 170 g/mol. The van der Waals surface area contributed by atoms with E-state index in [2.05, 4.69) is 32.8 Å². The lowest BCUT2D eigenvalue weighted by molar-refractivity contribution is 0.0943. The molecule has 0 aromatic carbocycles. The molecule has 1 fully saturated rings. The normalized spacial score (nSPS) is 22.5. The van der Waals surface area contributed by atoms with Gasteiger partial charge in [-0.25, -0.2) is 0 Å². The van der Waals surface area contributed by atoms with E-state index in [1.807, 2.05) is 0 Å². The van der Waals surface area contributed by atoms with Crippen LogP contribution in [0.1, 0.15) is 33.1 Å². The molecular formula is C10H22N2. The quantitative estimate of drug-likeness (QED) is 0.694. The third kappa shape index (κ3) is 1.64. The Bertz CT molecular complexity index is 148. The molecule has 2 N–H and O–H groups in total. The zero-order valence-electron chi connectivity index (χ0n) is 8.80. The van der Waals surface area contributed by atoms with Crippen LogP contribution in [-0.2, 0) is 0 Å². The van der Waals surface area contributed by atoms with Gasteiger partial charge in [0.25, 0.3) is 0 Å². The first kappa shape index (κ1) is 10.0. The second kappa shape index (κ2) is 3.35. The van der Waals surface area contributed by atoms with Crippen molar-refractivity contribution in [2.24, 2.45) is 11.7 Å². The number of hydrogen-bond acceptors (Lipinski definition) is 2. The van der Waals surface area contributed by atoms with E-state index < -0.39 is 0 Å². The van der Waals surface area contributed by atoms with Crippen LogP contribution in [0.3, 0.4) is 0 Å². The van der Waals surface area contributed by atoms with Crippen LogP contribution in [0, 0.1) is 5.92 Å². The van der Waals surface area contributed by atoms with Crippen LogP contribution in [0.2, 0.25) is 0 Å². The highest BCUT2D eigenvalue weighted by atomic mass is 15.2. The lowest BCUT2D eigenvalue weighted by Crippen LogP contribution is -2.57. The molecule has 0 aliphatic heterocycles. The second-order valence-electron chi connectivity index (χ2n) is 4.76. The maximum Gasteiger partial charge on any atom is 0.0300 e. The van der Waals surface area contributed by atoms with Crippen molar-refractivity contribution in [3.63, 3.8) is 0 Å². The van der Waals surface area contributed by atoms with Crippen LogP contribution < -0.4 is 5.73 Å². The maximum atomic E-state index is 6.22. The summed E-state index contributed by atoms with van der Waals surface area (Å²) in [5, 5.41) is 0. The molecule has 1 aliphatic carbocycles. The highest BCUT2D eigenvalue weighted by Gasteiger charge is 2.36. The van der Waals surface area contributed by atoms with Crippen molar-refractivity contribution in [3.8, 4) is 0 Å². The maximum absolute atomic E-state index is 6.22. The van der Waals surface area contributed by atoms with Crippen LogP contribution in [0.4, 0.5) is 0 Å². The highest BCUT2D eigenvalue weighted by molar-refractivity contribution is 4.95. The Hall–Kier alpha value is -0.0800. The summed E-state index contributed by atoms with van der Waals surface area (Å²) in [7, 11) is 4.22. The molecule has 0 amide bonds. The first-order valence-corrected chi connectivity index (χ1v) is 4.89. The van der Waals surface area contributed by atoms with Crippen molar-refractivity contribution in [3.05, 3.63) is 0 Å². The van der Waals surface area contributed by atoms with E-state index in [0.29, 0.717) is 6.04 Å². The molecular weight excluding hydrogens is 148 g/mol. The molecule has 1 saturated carbocycles. The van der Waals surface area contributed by atoms with E-state index in [1.54, 1.807) is 0 Å². The van der Waals surface area contributed by atoms with Gasteiger partial charge in [-0.1, -0.05) is 6.42 Å². The first-order chi connectivity index (χ1) is 5.46. The smallest absolute Gasteiger partial charge is 0.0300 e. The fraction of sp³-hybridized carbons (Fsp3) is 1.00. The van der Waals surface area contributed by atoms with E-state index in [4.69, 9.17) is 5.73 Å². The van der Waals surface area contributed by atoms with Gasteiger partial charge in [-0.05, 0) is 46.7 Å². The van der Waals surface area contributed by atoms with Crippen molar-refractivity contribution in [2.75, 3.05) is 14.1 Å². The predicted molar refractivity (Wildman–Crippen MR) is 53.1 cm³/mol. The van der Waals surface area contributed by atoms with Gasteiger partial charge in [0, 0.05) is 11.6 Å². The predicted octanol–water partition coefficient (Wildman–Crippen LogP) is 1.45. The summed E-state index contributed by atoms with van der Waals surface area (Å²) < 4.78 is 0. The number of nitrogens with zero attached hydrogens (tertiary/aromatic N) is 1. The molecule has 72 valence electrons. The minimum Gasteiger partial charge on any atom is -0.326 e. The molecule has 2 heteroatoms. The molecule has 0 spiro atoms. The van der Waals surface area contributed by atoms with Gasteiger partial charge in [0.15, 0.2) is 0 Å². The largest absolute Gasteiger partial charge is 0.326 e. The van der Waals surface area contributed by atoms with E-state index in [0.717, 1.165) is 5.92 Å². The SMILES string of the molecule is CN(C)C(C)(C)C(N)C1CCC1. The van der Waals surface area contributed by atoms with Crippen molar-refractivity contribution in [1.29, 1.82) is 0 Å². The van der Waals surface area contributed by atoms with Crippen molar-refractivity contribution in [2.45, 2.75) is 44.7 Å². The summed E-state index contributed by atoms with van der Waals surface area (Å²) in [5.41, 5.74) is 6.36. The van der Waals surface area contributed by atoms with E-state index >= 15 is 0 Å². The number of likely N-dealkylation sites (N-methyl/N-ethyl adjacent to an activating group) is 1. The standard InChI is InChI=1S/C10H22N2/c1-10(2,12(3)4)9(11)8-6-5-7-8/h8-9H,5-7,11H2,1-4H3. The van der Waals surface area contributed by atoms with Crippen LogP contribution >= 0.6 is 0 Å². The molecule has 0 aromatic rings. The Balaban J connectivity index is 2.53. The second-order valence-corrected chi connectivity index (χ2v) is 4.76. The highest BCUT2D eigenvalue weighted by Crippen LogP contribution is 2.34. The van der Waals surface area contributed by atoms with Crippen LogP contribution in [0.25, 0.3) is 0 Å². The van der Waals surface area contributed by atoms with Gasteiger partial charge in [0.1, 0.15) is 0 Å². The molecule has 0 heterocycles. The summed E-state index contributed by atoms with van der Waals surface area (Å²) in [5.74, 6) is 0.766. The fourth-order valence-corrected chi connectivity index (χ4v) is 1.67. The minimum absolute atomic E-state index is 0.144. The average molecular weight is 170 g/mol. The van der Waals surface area contributed by atoms with Gasteiger partial charge in [-0.2, -0.15) is 0 Å². The molecule has 1 unspecified atom stereocenters. The summed E-state index contributed by atoms with van der Waals surface area (Å²) in [4.78, 5) is 2.23. The Labute approximate surface area is 76.1 Å². The Morgan fingerprint density at radius 3 is 2.08 bits per heavy atom. The van der Waals surface area contributed by atoms with E-state index in [-0.39, 0.29) is 5.54 Å². The topological polar surface area (TPSA) is 29.3 Å². The third-order valence-corrected chi connectivity index (χ3v) is 3.63. The number of nitrogens with two attached hydrogens (primary N) is 1. The van der Waals surface area contributed by atoms with Gasteiger partial charge in [-0.3, -0.25) is 0 Å². The molecule has 1 aliphatic rings. The Morgan fingerprint density at radius 1 is 1.33 bits per heavy atom. The molecule has 0 aromatic heterocycles. The van der Waals surface area contributed by atoms with E-state index in [1.165, 1.54) is 19.3 Å². The van der Waals surface area contributed by atoms with Gasteiger partial charge in [0.2, 0.25) is 0 Å². The summed E-state index contributed by atoms with van der Waals surface area (Å²) in [6, 6.07) is 0.334. The zero-order valence-corrected chi connectivity index (χ0v) is 8.80. The van der Waals surface area contributed by atoms with Crippen molar-refractivity contribution < 1.29 is 0 Å². The summed E-state index contributed by atoms with van der Waals surface area (Å²) >= 11 is 0. The number of rotatable bonds is 3. The van der Waals surface area contributed by atoms with Gasteiger partial charge in [0.05, 0.1) is 0 Å². The molecule has 0 saturated heterocycles. The lowest BCUT2D eigenvalue weighted by atomic mass is 9.73. The molecule has 0 radical (unpaired) electrons. The molecule has 1 rings (SSSR count). The number of hydrogen-bond donors (Lipinski definition) is 1. The first-order valence-electron chi connectivity index (χ1n) is 4.89. The van der Waals surface area contributed by atoms with Crippen LogP contribution in [0.15, 0.2) is 0 Å². The summed E-state index contributed by atoms with van der Waals surface area (Å²) in [6.45, 7) is 4.46. The lowest BCUT2D eigenvalue weighted by Gasteiger charge is -2.45. The summed E-state index contributed by atoms with van der Waals surface area (Å²) in [6.07, 6.45) is 4.04. The van der Waals surface area contributed by atoms with Crippen molar-refractivity contribution >= 4 is 0 Å². The van der Waals surface area contributed by atoms with Gasteiger partial charge in [-0.15, -0.1) is 0 Å². The van der Waals surface area contributed by atoms with Crippen molar-refractivity contribution in [1.82, 2.24) is 4.90 Å². The Morgan fingerprint density at radius 2 is 1.83 bits per heavy atom. The van der Waals surface area contributed by atoms with Crippen LogP contribution in [0.5, 0.6) is 0 Å². The molecule has 12 heavy (non-hydrogen) atoms. The zero-order chi connectivity index (χ0) is 9.35. The van der Waals surface area contributed by atoms with Gasteiger partial charge >= 0.3 is 0 Å². The fourth-order valence-electron chi connectivity index (χ4n) is 1.67. The average Bonchev–Trinajstić information content (AvgIpc) is 1.83. The molecule has 1 atom stereocenters. The Kier molecular flexibility index (Phi) is 2.79. The minimum atomic E-state index is 0.144. The molecule has 2 nitrogen and oxygen atoms in total. The van der Waals surface area contributed by atoms with Crippen LogP contribution in [-0.4, -0.2) is 30.6 Å². The van der Waals surface area contributed by atoms with E-state index in [9.17, 15) is 0 Å². The van der Waals surface area contributed by atoms with Gasteiger partial charge < -0.3 is 10.6 Å². The third-order valence-electron chi connectivity index (χ3n) is 3.63.